The molecule has 1 N–H and O–H groups in total. The van der Waals surface area contributed by atoms with Crippen LogP contribution in [0.3, 0.4) is 0 Å². The minimum atomic E-state index is -0.395. The van der Waals surface area contributed by atoms with Crippen molar-refractivity contribution in [2.75, 3.05) is 0 Å². The van der Waals surface area contributed by atoms with Gasteiger partial charge in [-0.3, -0.25) is 9.69 Å². The molecule has 3 aromatic carbocycles. The fourth-order valence-corrected chi connectivity index (χ4v) is 4.63. The maximum Gasteiger partial charge on any atom is 0.329 e. The Morgan fingerprint density at radius 1 is 0.800 bits per heavy atom. The predicted octanol–water partition coefficient (Wildman–Crippen LogP) is 6.16. The maximum atomic E-state index is 13.0. The fraction of sp³-hybridized carbons (Fsp3) is 0.133. The van der Waals surface area contributed by atoms with E-state index in [0.717, 1.165) is 39.3 Å². The van der Waals surface area contributed by atoms with Gasteiger partial charge < -0.3 is 9.88 Å². The highest BCUT2D eigenvalue weighted by molar-refractivity contribution is 6.14. The number of carbonyl (C=O) groups excluding carboxylic acids is 2. The Labute approximate surface area is 205 Å². The summed E-state index contributed by atoms with van der Waals surface area (Å²) >= 11 is 0. The van der Waals surface area contributed by atoms with E-state index in [1.807, 2.05) is 69.3 Å². The molecule has 1 aliphatic rings. The zero-order valence-corrected chi connectivity index (χ0v) is 20.1. The van der Waals surface area contributed by atoms with Crippen LogP contribution in [0, 0.1) is 20.8 Å². The summed E-state index contributed by atoms with van der Waals surface area (Å²) in [4.78, 5) is 26.8. The highest BCUT2D eigenvalue weighted by Crippen LogP contribution is 2.26. The number of imide groups is 1. The number of nitrogens with zero attached hydrogens (tertiary/aromatic N) is 2. The van der Waals surface area contributed by atoms with Gasteiger partial charge in [0.05, 0.1) is 6.54 Å². The van der Waals surface area contributed by atoms with Crippen molar-refractivity contribution >= 4 is 18.0 Å². The number of amides is 3. The standard InChI is InChI=1S/C30H27N3O2/c1-20-8-7-9-23(16-20)19-32-29(34)28(31-30(32)35)18-26-17-21(2)33(22(26)3)27-14-12-25(13-15-27)24-10-5-4-6-11-24/h4-18H,19H2,1-3H3,(H,31,35)/b28-18-. The molecule has 5 rings (SSSR count). The van der Waals surface area contributed by atoms with Gasteiger partial charge in [0.1, 0.15) is 5.70 Å². The minimum absolute atomic E-state index is 0.246. The van der Waals surface area contributed by atoms with Crippen LogP contribution in [-0.2, 0) is 11.3 Å². The third-order valence-corrected chi connectivity index (χ3v) is 6.39. The van der Waals surface area contributed by atoms with E-state index in [4.69, 9.17) is 0 Å². The highest BCUT2D eigenvalue weighted by Gasteiger charge is 2.33. The number of benzene rings is 3. The third-order valence-electron chi connectivity index (χ3n) is 6.39. The molecule has 1 fully saturated rings. The number of hydrogen-bond donors (Lipinski definition) is 1. The lowest BCUT2D eigenvalue weighted by molar-refractivity contribution is -0.123. The van der Waals surface area contributed by atoms with E-state index in [0.29, 0.717) is 5.70 Å². The van der Waals surface area contributed by atoms with E-state index in [2.05, 4.69) is 46.3 Å². The van der Waals surface area contributed by atoms with Crippen molar-refractivity contribution in [2.45, 2.75) is 27.3 Å². The number of aryl methyl sites for hydroxylation is 2. The van der Waals surface area contributed by atoms with E-state index in [9.17, 15) is 9.59 Å². The number of nitrogens with one attached hydrogen (secondary N) is 1. The van der Waals surface area contributed by atoms with Crippen LogP contribution in [0.2, 0.25) is 0 Å². The molecule has 0 radical (unpaired) electrons. The average molecular weight is 462 g/mol. The van der Waals surface area contributed by atoms with E-state index in [-0.39, 0.29) is 12.5 Å². The van der Waals surface area contributed by atoms with Crippen molar-refractivity contribution in [2.24, 2.45) is 0 Å². The van der Waals surface area contributed by atoms with Gasteiger partial charge >= 0.3 is 6.03 Å². The predicted molar refractivity (Wildman–Crippen MR) is 139 cm³/mol. The van der Waals surface area contributed by atoms with Gasteiger partial charge in [0, 0.05) is 17.1 Å². The van der Waals surface area contributed by atoms with Crippen LogP contribution in [0.15, 0.2) is 90.6 Å². The Morgan fingerprint density at radius 2 is 1.51 bits per heavy atom. The van der Waals surface area contributed by atoms with E-state index in [1.54, 1.807) is 6.08 Å². The second kappa shape index (κ2) is 9.11. The van der Waals surface area contributed by atoms with Crippen LogP contribution >= 0.6 is 0 Å². The number of hydrogen-bond acceptors (Lipinski definition) is 2. The Bertz CT molecular complexity index is 1450. The first kappa shape index (κ1) is 22.4. The quantitative estimate of drug-likeness (QED) is 0.286. The van der Waals surface area contributed by atoms with Crippen molar-refractivity contribution in [3.05, 3.63) is 119 Å². The lowest BCUT2D eigenvalue weighted by Crippen LogP contribution is -2.30. The highest BCUT2D eigenvalue weighted by atomic mass is 16.2. The normalized spacial score (nSPS) is 14.6. The summed E-state index contributed by atoms with van der Waals surface area (Å²) in [6, 6.07) is 28.2. The Balaban J connectivity index is 1.40. The minimum Gasteiger partial charge on any atom is -0.318 e. The van der Waals surface area contributed by atoms with Crippen LogP contribution in [0.5, 0.6) is 0 Å². The van der Waals surface area contributed by atoms with Crippen LogP contribution in [0.25, 0.3) is 22.9 Å². The number of rotatable bonds is 5. The molecule has 5 heteroatoms. The van der Waals surface area contributed by atoms with Crippen molar-refractivity contribution < 1.29 is 9.59 Å². The number of urea groups is 1. The maximum absolute atomic E-state index is 13.0. The molecule has 0 unspecified atom stereocenters. The summed E-state index contributed by atoms with van der Waals surface area (Å²) < 4.78 is 2.16. The smallest absolute Gasteiger partial charge is 0.318 e. The van der Waals surface area contributed by atoms with Gasteiger partial charge in [0.25, 0.3) is 5.91 Å². The van der Waals surface area contributed by atoms with Gasteiger partial charge in [-0.25, -0.2) is 4.79 Å². The average Bonchev–Trinajstić information content (AvgIpc) is 3.28. The summed E-state index contributed by atoms with van der Waals surface area (Å²) in [6.45, 7) is 6.30. The molecule has 0 atom stereocenters. The van der Waals surface area contributed by atoms with Gasteiger partial charge in [-0.05, 0) is 67.3 Å². The SMILES string of the molecule is Cc1cccc(CN2C(=O)N/C(=C\c3cc(C)n(-c4ccc(-c5ccccc5)cc4)c3C)C2=O)c1. The molecule has 1 aromatic heterocycles. The Kier molecular flexibility index (Phi) is 5.83. The van der Waals surface area contributed by atoms with Gasteiger partial charge in [0.2, 0.25) is 0 Å². The molecule has 4 aromatic rings. The zero-order chi connectivity index (χ0) is 24.5. The second-order valence-electron chi connectivity index (χ2n) is 8.94. The first-order chi connectivity index (χ1) is 16.9. The molecule has 1 aliphatic heterocycles. The summed E-state index contributed by atoms with van der Waals surface area (Å²) in [5, 5.41) is 2.75. The van der Waals surface area contributed by atoms with Crippen molar-refractivity contribution in [1.82, 2.24) is 14.8 Å². The van der Waals surface area contributed by atoms with Crippen LogP contribution in [0.4, 0.5) is 4.79 Å². The third kappa shape index (κ3) is 4.41. The van der Waals surface area contributed by atoms with E-state index in [1.165, 1.54) is 10.5 Å². The van der Waals surface area contributed by atoms with Crippen molar-refractivity contribution in [3.8, 4) is 16.8 Å². The first-order valence-corrected chi connectivity index (χ1v) is 11.7. The second-order valence-corrected chi connectivity index (χ2v) is 8.94. The summed E-state index contributed by atoms with van der Waals surface area (Å²) in [6.07, 6.45) is 1.77. The molecule has 0 spiro atoms. The fourth-order valence-electron chi connectivity index (χ4n) is 4.63. The van der Waals surface area contributed by atoms with Crippen LogP contribution in [0.1, 0.15) is 28.1 Å². The molecule has 5 nitrogen and oxygen atoms in total. The van der Waals surface area contributed by atoms with Gasteiger partial charge in [-0.15, -0.1) is 0 Å². The monoisotopic (exact) mass is 461 g/mol. The largest absolute Gasteiger partial charge is 0.329 e. The molecule has 0 saturated carbocycles. The van der Waals surface area contributed by atoms with E-state index < -0.39 is 6.03 Å². The summed E-state index contributed by atoms with van der Waals surface area (Å²) in [7, 11) is 0. The molecule has 0 aliphatic carbocycles. The topological polar surface area (TPSA) is 54.3 Å². The molecule has 1 saturated heterocycles. The lowest BCUT2D eigenvalue weighted by atomic mass is 10.1. The molecule has 35 heavy (non-hydrogen) atoms. The zero-order valence-electron chi connectivity index (χ0n) is 20.1. The van der Waals surface area contributed by atoms with E-state index >= 15 is 0 Å². The number of aromatic nitrogens is 1. The van der Waals surface area contributed by atoms with Gasteiger partial charge in [0.15, 0.2) is 0 Å². The molecule has 3 amide bonds. The van der Waals surface area contributed by atoms with Crippen molar-refractivity contribution in [3.63, 3.8) is 0 Å². The molecule has 0 bridgehead atoms. The number of carbonyl (C=O) groups is 2. The molecule has 174 valence electrons. The van der Waals surface area contributed by atoms with Gasteiger partial charge in [-0.2, -0.15) is 0 Å². The molecular weight excluding hydrogens is 434 g/mol. The van der Waals surface area contributed by atoms with Crippen LogP contribution in [-0.4, -0.2) is 21.4 Å². The summed E-state index contributed by atoms with van der Waals surface area (Å²) in [5.74, 6) is -0.312. The van der Waals surface area contributed by atoms with Crippen molar-refractivity contribution in [1.29, 1.82) is 0 Å². The molecule has 2 heterocycles. The van der Waals surface area contributed by atoms with Crippen LogP contribution < -0.4 is 5.32 Å². The van der Waals surface area contributed by atoms with Gasteiger partial charge in [-0.1, -0.05) is 72.3 Å². The lowest BCUT2D eigenvalue weighted by Gasteiger charge is -2.12. The summed E-state index contributed by atoms with van der Waals surface area (Å²) in [5.41, 5.74) is 8.65. The first-order valence-electron chi connectivity index (χ1n) is 11.7. The Morgan fingerprint density at radius 3 is 2.23 bits per heavy atom. The molecular formula is C30H27N3O2. The Hall–Kier alpha value is -4.38.